The van der Waals surface area contributed by atoms with E-state index in [-0.39, 0.29) is 22.7 Å². The lowest BCUT2D eigenvalue weighted by atomic mass is 10.0. The van der Waals surface area contributed by atoms with Crippen LogP contribution in [0.5, 0.6) is 5.88 Å². The van der Waals surface area contributed by atoms with Crippen molar-refractivity contribution in [3.8, 4) is 23.2 Å². The van der Waals surface area contributed by atoms with Crippen LogP contribution in [0.1, 0.15) is 24.8 Å². The molecular weight excluding hydrogens is 537 g/mol. The summed E-state index contributed by atoms with van der Waals surface area (Å²) in [6, 6.07) is 6.11. The minimum atomic E-state index is -4.86. The highest BCUT2D eigenvalue weighted by molar-refractivity contribution is 7.91. The van der Waals surface area contributed by atoms with E-state index in [1.807, 2.05) is 12.3 Å². The summed E-state index contributed by atoms with van der Waals surface area (Å²) >= 11 is 0. The highest BCUT2D eigenvalue weighted by atomic mass is 32.2. The third-order valence-corrected chi connectivity index (χ3v) is 8.97. The van der Waals surface area contributed by atoms with E-state index in [9.17, 15) is 21.6 Å². The van der Waals surface area contributed by atoms with E-state index in [1.54, 1.807) is 28.7 Å². The summed E-state index contributed by atoms with van der Waals surface area (Å²) in [5.41, 5.74) is 2.36. The first-order valence-electron chi connectivity index (χ1n) is 12.4. The summed E-state index contributed by atoms with van der Waals surface area (Å²) in [4.78, 5) is 11.4. The van der Waals surface area contributed by atoms with Gasteiger partial charge >= 0.3 is 6.36 Å². The molecule has 4 aromatic rings. The molecule has 1 saturated carbocycles. The van der Waals surface area contributed by atoms with Gasteiger partial charge in [0.1, 0.15) is 17.7 Å². The summed E-state index contributed by atoms with van der Waals surface area (Å²) in [6.07, 6.45) is 2.41. The van der Waals surface area contributed by atoms with Gasteiger partial charge in [-0.25, -0.2) is 13.4 Å². The quantitative estimate of drug-likeness (QED) is 0.335. The van der Waals surface area contributed by atoms with Crippen molar-refractivity contribution in [3.05, 3.63) is 42.4 Å². The van der Waals surface area contributed by atoms with Gasteiger partial charge in [-0.05, 0) is 49.4 Å². The lowest BCUT2D eigenvalue weighted by Gasteiger charge is -2.34. The fourth-order valence-electron chi connectivity index (χ4n) is 5.15. The highest BCUT2D eigenvalue weighted by Crippen LogP contribution is 2.46. The molecule has 0 radical (unpaired) electrons. The van der Waals surface area contributed by atoms with E-state index in [0.717, 1.165) is 42.7 Å². The predicted molar refractivity (Wildman–Crippen MR) is 134 cm³/mol. The second kappa shape index (κ2) is 9.26. The third kappa shape index (κ3) is 5.32. The molecule has 6 rings (SSSR count). The molecule has 1 aliphatic carbocycles. The normalized spacial score (nSPS) is 18.9. The molecule has 11 nitrogen and oxygen atoms in total. The number of pyridine rings is 1. The van der Waals surface area contributed by atoms with Crippen LogP contribution >= 0.6 is 0 Å². The van der Waals surface area contributed by atoms with Gasteiger partial charge in [0.25, 0.3) is 5.95 Å². The second-order valence-electron chi connectivity index (χ2n) is 9.98. The van der Waals surface area contributed by atoms with E-state index in [1.165, 1.54) is 6.07 Å². The fraction of sp³-hybridized carbons (Fsp3) is 0.458. The Labute approximate surface area is 221 Å². The Bertz CT molecular complexity index is 1610. The molecule has 0 N–H and O–H groups in total. The molecule has 0 atom stereocenters. The number of aromatic nitrogens is 7. The first-order chi connectivity index (χ1) is 18.5. The maximum atomic E-state index is 12.5. The Morgan fingerprint density at radius 1 is 1.05 bits per heavy atom. The molecule has 0 bridgehead atoms. The SMILES string of the molecule is Cn1cnc(-n2cc(CCC3(N4CCS(=O)(=O)CC4)CC3)c3ccc(-c4ccc(OC(F)(F)F)nn4)nc32)n1. The van der Waals surface area contributed by atoms with Crippen molar-refractivity contribution in [1.82, 2.24) is 39.4 Å². The number of aryl methyl sites for hydroxylation is 2. The molecule has 1 saturated heterocycles. The van der Waals surface area contributed by atoms with Crippen LogP contribution < -0.4 is 4.74 Å². The third-order valence-electron chi connectivity index (χ3n) is 7.36. The van der Waals surface area contributed by atoms with Crippen LogP contribution in [0.15, 0.2) is 36.8 Å². The molecule has 0 unspecified atom stereocenters. The van der Waals surface area contributed by atoms with E-state index >= 15 is 0 Å². The molecule has 2 fully saturated rings. The van der Waals surface area contributed by atoms with Gasteiger partial charge in [-0.15, -0.1) is 28.5 Å². The molecule has 0 amide bonds. The van der Waals surface area contributed by atoms with Crippen molar-refractivity contribution in [1.29, 1.82) is 0 Å². The Morgan fingerprint density at radius 2 is 1.79 bits per heavy atom. The van der Waals surface area contributed by atoms with Crippen LogP contribution in [0.3, 0.4) is 0 Å². The van der Waals surface area contributed by atoms with Crippen molar-refractivity contribution in [2.45, 2.75) is 37.6 Å². The first-order valence-corrected chi connectivity index (χ1v) is 14.2. The van der Waals surface area contributed by atoms with Crippen LogP contribution in [-0.2, 0) is 23.3 Å². The van der Waals surface area contributed by atoms with E-state index in [0.29, 0.717) is 30.4 Å². The van der Waals surface area contributed by atoms with Gasteiger partial charge in [-0.3, -0.25) is 14.1 Å². The highest BCUT2D eigenvalue weighted by Gasteiger charge is 2.48. The van der Waals surface area contributed by atoms with Crippen molar-refractivity contribution in [2.75, 3.05) is 24.6 Å². The molecule has 206 valence electrons. The number of hydrogen-bond donors (Lipinski definition) is 0. The lowest BCUT2D eigenvalue weighted by molar-refractivity contribution is -0.276. The minimum Gasteiger partial charge on any atom is -0.386 e. The molecule has 39 heavy (non-hydrogen) atoms. The minimum absolute atomic E-state index is 0.0246. The number of halogens is 3. The summed E-state index contributed by atoms with van der Waals surface area (Å²) in [5.74, 6) is 0.188. The number of alkyl halides is 3. The molecular formula is C24H25F3N8O3S. The van der Waals surface area contributed by atoms with Gasteiger partial charge < -0.3 is 4.74 Å². The van der Waals surface area contributed by atoms with Crippen LogP contribution in [0.25, 0.3) is 28.4 Å². The molecule has 15 heteroatoms. The molecule has 5 heterocycles. The standard InChI is InChI=1S/C24H25F3N8O3S/c1-33-15-28-22(32-33)35-14-16(6-7-23(8-9-23)34-10-12-39(36,37)13-11-34)17-2-3-18(29-21(17)35)19-4-5-20(31-30-19)38-24(25,26)27/h2-5,14-15H,6-13H2,1H3. The van der Waals surface area contributed by atoms with Crippen molar-refractivity contribution in [2.24, 2.45) is 7.05 Å². The van der Waals surface area contributed by atoms with Crippen molar-refractivity contribution < 1.29 is 26.3 Å². The summed E-state index contributed by atoms with van der Waals surface area (Å²) in [7, 11) is -1.18. The fourth-order valence-corrected chi connectivity index (χ4v) is 6.36. The van der Waals surface area contributed by atoms with Crippen LogP contribution in [0.4, 0.5) is 13.2 Å². The largest absolute Gasteiger partial charge is 0.574 e. The van der Waals surface area contributed by atoms with Gasteiger partial charge in [-0.2, -0.15) is 4.98 Å². The van der Waals surface area contributed by atoms with Crippen LogP contribution in [0, 0.1) is 0 Å². The van der Waals surface area contributed by atoms with Gasteiger partial charge in [0.05, 0.1) is 17.2 Å². The molecule has 1 aliphatic heterocycles. The summed E-state index contributed by atoms with van der Waals surface area (Å²) in [6.45, 7) is 1.14. The van der Waals surface area contributed by atoms with Gasteiger partial charge in [0.15, 0.2) is 9.84 Å². The Kier molecular flexibility index (Phi) is 6.10. The van der Waals surface area contributed by atoms with Crippen LogP contribution in [-0.4, -0.2) is 84.3 Å². The van der Waals surface area contributed by atoms with Gasteiger partial charge in [-0.1, -0.05) is 0 Å². The zero-order chi connectivity index (χ0) is 27.4. The lowest BCUT2D eigenvalue weighted by Crippen LogP contribution is -2.47. The number of sulfone groups is 1. The first kappa shape index (κ1) is 25.7. The van der Waals surface area contributed by atoms with Crippen LogP contribution in [0.2, 0.25) is 0 Å². The average Bonchev–Trinajstić information content (AvgIpc) is 3.40. The number of ether oxygens (including phenoxy) is 1. The molecule has 2 aliphatic rings. The van der Waals surface area contributed by atoms with E-state index < -0.39 is 22.1 Å². The Hall–Kier alpha value is -3.59. The maximum Gasteiger partial charge on any atom is 0.574 e. The zero-order valence-electron chi connectivity index (χ0n) is 21.0. The molecule has 0 spiro atoms. The molecule has 4 aromatic heterocycles. The zero-order valence-corrected chi connectivity index (χ0v) is 21.8. The summed E-state index contributed by atoms with van der Waals surface area (Å²) < 4.78 is 68.4. The maximum absolute atomic E-state index is 12.5. The second-order valence-corrected chi connectivity index (χ2v) is 12.3. The number of fused-ring (bicyclic) bond motifs is 1. The van der Waals surface area contributed by atoms with E-state index in [2.05, 4.69) is 29.9 Å². The monoisotopic (exact) mass is 562 g/mol. The van der Waals surface area contributed by atoms with Crippen molar-refractivity contribution in [3.63, 3.8) is 0 Å². The summed E-state index contributed by atoms with van der Waals surface area (Å²) in [5, 5.41) is 12.7. The predicted octanol–water partition coefficient (Wildman–Crippen LogP) is 2.71. The van der Waals surface area contributed by atoms with Gasteiger partial charge in [0, 0.05) is 43.3 Å². The number of hydrogen-bond acceptors (Lipinski definition) is 9. The number of rotatable bonds is 7. The number of nitrogens with zero attached hydrogens (tertiary/aromatic N) is 8. The average molecular weight is 563 g/mol. The van der Waals surface area contributed by atoms with Gasteiger partial charge in [0.2, 0.25) is 5.88 Å². The Balaban J connectivity index is 1.29. The topological polar surface area (TPSA) is 121 Å². The van der Waals surface area contributed by atoms with E-state index in [4.69, 9.17) is 4.98 Å². The Morgan fingerprint density at radius 3 is 2.41 bits per heavy atom. The molecule has 0 aromatic carbocycles. The van der Waals surface area contributed by atoms with Crippen molar-refractivity contribution >= 4 is 20.9 Å². The smallest absolute Gasteiger partial charge is 0.386 e.